The predicted octanol–water partition coefficient (Wildman–Crippen LogP) is 12.1. The van der Waals surface area contributed by atoms with Crippen LogP contribution in [-0.4, -0.2) is 9.55 Å². The largest absolute Gasteiger partial charge is 0.509 e. The summed E-state index contributed by atoms with van der Waals surface area (Å²) in [5.41, 5.74) is 8.52. The number of ether oxygens (including phenoxy) is 1. The van der Waals surface area contributed by atoms with Crippen LogP contribution in [-0.2, 0) is 31.9 Å². The second kappa shape index (κ2) is 13.3. The summed E-state index contributed by atoms with van der Waals surface area (Å²) in [6, 6.07) is 44.2. The summed E-state index contributed by atoms with van der Waals surface area (Å²) >= 11 is 0. The van der Waals surface area contributed by atoms with Gasteiger partial charge in [0.05, 0.1) is 6.57 Å². The van der Waals surface area contributed by atoms with E-state index in [-0.39, 0.29) is 31.9 Å². The normalized spacial score (nSPS) is 12.9. The number of rotatable bonds is 5. The molecule has 5 aromatic carbocycles. The van der Waals surface area contributed by atoms with Gasteiger partial charge in [-0.3, -0.25) is 0 Å². The summed E-state index contributed by atoms with van der Waals surface area (Å²) in [4.78, 5) is 12.7. The number of para-hydroxylation sites is 3. The molecule has 8 rings (SSSR count). The molecule has 6 nitrogen and oxygen atoms in total. The number of fused-ring (bicyclic) bond motifs is 4. The van der Waals surface area contributed by atoms with E-state index in [1.807, 2.05) is 48.7 Å². The van der Waals surface area contributed by atoms with Crippen LogP contribution in [0.5, 0.6) is 11.5 Å². The van der Waals surface area contributed by atoms with E-state index in [0.29, 0.717) is 17.2 Å². The Morgan fingerprint density at radius 3 is 2.17 bits per heavy atom. The average Bonchev–Trinajstić information content (AvgIpc) is 3.67. The topological polar surface area (TPSA) is 37.9 Å². The number of hydrogen-bond donors (Lipinski definition) is 0. The summed E-state index contributed by atoms with van der Waals surface area (Å²) in [5.74, 6) is 2.04. The van der Waals surface area contributed by atoms with Gasteiger partial charge in [-0.1, -0.05) is 89.5 Å². The quantitative estimate of drug-likeness (QED) is 0.162. The van der Waals surface area contributed by atoms with Gasteiger partial charge in [-0.05, 0) is 64.2 Å². The van der Waals surface area contributed by atoms with Crippen molar-refractivity contribution in [3.05, 3.63) is 157 Å². The molecule has 1 aliphatic heterocycles. The van der Waals surface area contributed by atoms with E-state index in [1.54, 1.807) is 0 Å². The molecule has 0 aliphatic carbocycles. The minimum atomic E-state index is -0.158. The van der Waals surface area contributed by atoms with Gasteiger partial charge in [0.15, 0.2) is 5.69 Å². The fourth-order valence-electron chi connectivity index (χ4n) is 6.67. The van der Waals surface area contributed by atoms with Crippen LogP contribution in [0.4, 0.5) is 28.4 Å². The van der Waals surface area contributed by atoms with Crippen molar-refractivity contribution in [2.24, 2.45) is 0 Å². The molecule has 0 bridgehead atoms. The van der Waals surface area contributed by atoms with Gasteiger partial charge in [0.1, 0.15) is 5.82 Å². The first-order valence-corrected chi connectivity index (χ1v) is 17.2. The van der Waals surface area contributed by atoms with Crippen molar-refractivity contribution in [1.82, 2.24) is 9.55 Å². The Labute approximate surface area is 320 Å². The molecule has 7 aromatic rings. The van der Waals surface area contributed by atoms with E-state index in [9.17, 15) is 0 Å². The van der Waals surface area contributed by atoms with Gasteiger partial charge in [-0.25, -0.2) is 9.83 Å². The standard InChI is InChI=1S/C45H38N5O.Pt/c1-44(2,3)30-21-22-47-43(25-30)50-39-16-9-8-15-37(39)38-20-19-35(28-42(38)50)51-36-24-31(45(4,5)6)23-34(27-36)49-29-48(40-17-10-11-18-41(40)49)33-14-12-13-32(26-33)46-7;/h8-26,29H,1-6H3;/q-3;. The molecule has 2 aromatic heterocycles. The number of hydrogen-bond acceptors (Lipinski definition) is 4. The second-order valence-electron chi connectivity index (χ2n) is 15.0. The van der Waals surface area contributed by atoms with Gasteiger partial charge in [0.25, 0.3) is 0 Å². The van der Waals surface area contributed by atoms with Gasteiger partial charge in [-0.15, -0.1) is 53.6 Å². The maximum atomic E-state index is 7.55. The van der Waals surface area contributed by atoms with E-state index in [4.69, 9.17) is 16.3 Å². The minimum absolute atomic E-state index is 0. The Kier molecular flexibility index (Phi) is 8.97. The van der Waals surface area contributed by atoms with Gasteiger partial charge in [-0.2, -0.15) is 6.07 Å². The van der Waals surface area contributed by atoms with Gasteiger partial charge in [0.2, 0.25) is 0 Å². The fourth-order valence-corrected chi connectivity index (χ4v) is 6.67. The molecule has 262 valence electrons. The van der Waals surface area contributed by atoms with Crippen LogP contribution in [0, 0.1) is 25.4 Å². The Morgan fingerprint density at radius 1 is 0.692 bits per heavy atom. The number of aromatic nitrogens is 2. The molecule has 0 saturated carbocycles. The summed E-state index contributed by atoms with van der Waals surface area (Å²) in [6.45, 7) is 22.9. The van der Waals surface area contributed by atoms with Gasteiger partial charge >= 0.3 is 0 Å². The predicted molar refractivity (Wildman–Crippen MR) is 208 cm³/mol. The SMILES string of the molecule is [C-]#[N+]c1cccc(N2[CH-]N(c3[c-]c(Oc4[c-]c5c(cc4)c4ccccc4n5-c4cc(C(C)(C)C)ccn4)cc(C(C)(C)C)c3)c3ccccc32)c1.[Pt]. The Balaban J connectivity index is 0.00000420. The zero-order chi connectivity index (χ0) is 35.5. The molecule has 52 heavy (non-hydrogen) atoms. The monoisotopic (exact) mass is 859 g/mol. The van der Waals surface area contributed by atoms with Crippen molar-refractivity contribution in [2.75, 3.05) is 9.80 Å². The molecule has 0 N–H and O–H groups in total. The van der Waals surface area contributed by atoms with Crippen LogP contribution in [0.2, 0.25) is 0 Å². The van der Waals surface area contributed by atoms with Crippen LogP contribution < -0.4 is 14.5 Å². The number of nitrogens with zero attached hydrogens (tertiary/aromatic N) is 5. The van der Waals surface area contributed by atoms with Crippen LogP contribution in [0.25, 0.3) is 32.5 Å². The summed E-state index contributed by atoms with van der Waals surface area (Å²) in [7, 11) is 0. The van der Waals surface area contributed by atoms with E-state index in [1.165, 1.54) is 5.56 Å². The van der Waals surface area contributed by atoms with E-state index in [2.05, 4.69) is 146 Å². The molecule has 7 heteroatoms. The molecular formula is C45H38N5OPt-3. The molecule has 1 aliphatic rings. The number of pyridine rings is 1. The molecule has 0 spiro atoms. The van der Waals surface area contributed by atoms with Crippen molar-refractivity contribution in [1.29, 1.82) is 0 Å². The summed E-state index contributed by atoms with van der Waals surface area (Å²) < 4.78 is 8.87. The zero-order valence-corrected chi connectivity index (χ0v) is 32.3. The Bertz CT molecular complexity index is 2500. The number of benzene rings is 5. The first-order valence-electron chi connectivity index (χ1n) is 17.2. The molecule has 0 saturated heterocycles. The molecule has 0 amide bonds. The van der Waals surface area contributed by atoms with Gasteiger partial charge < -0.3 is 19.1 Å². The molecule has 0 radical (unpaired) electrons. The molecule has 0 unspecified atom stereocenters. The van der Waals surface area contributed by atoms with Crippen LogP contribution in [0.1, 0.15) is 52.7 Å². The minimum Gasteiger partial charge on any atom is -0.509 e. The van der Waals surface area contributed by atoms with Crippen molar-refractivity contribution in [3.8, 4) is 17.3 Å². The summed E-state index contributed by atoms with van der Waals surface area (Å²) in [5, 5.41) is 2.22. The zero-order valence-electron chi connectivity index (χ0n) is 30.0. The first-order chi connectivity index (χ1) is 24.5. The Hall–Kier alpha value is -5.37. The maximum absolute atomic E-state index is 7.55. The average molecular weight is 860 g/mol. The van der Waals surface area contributed by atoms with Crippen LogP contribution in [0.3, 0.4) is 0 Å². The molecule has 3 heterocycles. The van der Waals surface area contributed by atoms with E-state index < -0.39 is 0 Å². The van der Waals surface area contributed by atoms with Crippen molar-refractivity contribution in [2.45, 2.75) is 52.4 Å². The van der Waals surface area contributed by atoms with Crippen molar-refractivity contribution >= 4 is 50.2 Å². The van der Waals surface area contributed by atoms with Gasteiger partial charge in [0, 0.05) is 61.3 Å². The first kappa shape index (κ1) is 35.0. The van der Waals surface area contributed by atoms with Crippen molar-refractivity contribution in [3.63, 3.8) is 0 Å². The molecule has 0 fully saturated rings. The second-order valence-corrected chi connectivity index (χ2v) is 15.0. The third-order valence-corrected chi connectivity index (χ3v) is 9.44. The van der Waals surface area contributed by atoms with E-state index >= 15 is 0 Å². The Morgan fingerprint density at radius 2 is 1.42 bits per heavy atom. The molecule has 0 atom stereocenters. The summed E-state index contributed by atoms with van der Waals surface area (Å²) in [6.07, 6.45) is 1.89. The van der Waals surface area contributed by atoms with Crippen LogP contribution >= 0.6 is 0 Å². The van der Waals surface area contributed by atoms with Crippen LogP contribution in [0.15, 0.2) is 115 Å². The maximum Gasteiger partial charge on any atom is 0.189 e. The number of anilines is 4. The smallest absolute Gasteiger partial charge is 0.189 e. The third-order valence-electron chi connectivity index (χ3n) is 9.44. The molecular weight excluding hydrogens is 822 g/mol. The van der Waals surface area contributed by atoms with E-state index in [0.717, 1.165) is 55.9 Å². The van der Waals surface area contributed by atoms with Crippen molar-refractivity contribution < 1.29 is 25.8 Å². The third kappa shape index (κ3) is 6.35. The fraction of sp³-hybridized carbons (Fsp3) is 0.178.